The van der Waals surface area contributed by atoms with Crippen LogP contribution in [0.25, 0.3) is 0 Å². The maximum atomic E-state index is 6.03. The minimum atomic E-state index is -2.35. The molecule has 0 saturated heterocycles. The maximum Gasteiger partial charge on any atom is 0.258 e. The molecule has 0 radical (unpaired) electrons. The van der Waals surface area contributed by atoms with Crippen LogP contribution in [0.15, 0.2) is 0 Å². The molecule has 0 aromatic carbocycles. The molecule has 1 atom stereocenters. The van der Waals surface area contributed by atoms with Gasteiger partial charge in [0.1, 0.15) is 10.2 Å². The normalized spacial score (nSPS) is 14.6. The lowest BCUT2D eigenvalue weighted by Crippen LogP contribution is -2.00. The summed E-state index contributed by atoms with van der Waals surface area (Å²) in [5.74, 6) is 0.254. The van der Waals surface area contributed by atoms with E-state index in [4.69, 9.17) is 44.1 Å². The average molecular weight is 317 g/mol. The lowest BCUT2D eigenvalue weighted by Gasteiger charge is -2.15. The Morgan fingerprint density at radius 1 is 1.41 bits per heavy atom. The van der Waals surface area contributed by atoms with Crippen molar-refractivity contribution in [2.75, 3.05) is 13.3 Å². The Morgan fingerprint density at radius 3 is 2.59 bits per heavy atom. The summed E-state index contributed by atoms with van der Waals surface area (Å²) in [6.07, 6.45) is 0.906. The van der Waals surface area contributed by atoms with Crippen LogP contribution < -0.4 is 4.52 Å². The van der Waals surface area contributed by atoms with E-state index in [-0.39, 0.29) is 10.9 Å². The first-order valence-corrected chi connectivity index (χ1v) is 9.08. The zero-order valence-corrected chi connectivity index (χ0v) is 13.2. The molecule has 0 fully saturated rings. The topological polar surface area (TPSA) is 36.3 Å². The minimum Gasteiger partial charge on any atom is -0.423 e. The molecule has 0 bridgehead atoms. The lowest BCUT2D eigenvalue weighted by molar-refractivity contribution is 0.331. The summed E-state index contributed by atoms with van der Waals surface area (Å²) in [5, 5.41) is 4.84. The molecule has 98 valence electrons. The van der Waals surface area contributed by atoms with Gasteiger partial charge in [-0.1, -0.05) is 30.1 Å². The van der Waals surface area contributed by atoms with Gasteiger partial charge in [0.2, 0.25) is 6.49 Å². The van der Waals surface area contributed by atoms with E-state index in [0.29, 0.717) is 18.3 Å². The monoisotopic (exact) mass is 316 g/mol. The van der Waals surface area contributed by atoms with Gasteiger partial charge in [0.05, 0.1) is 6.61 Å². The lowest BCUT2D eigenvalue weighted by atomic mass is 10.5. The number of hydrogen-bond donors (Lipinski definition) is 0. The van der Waals surface area contributed by atoms with Crippen molar-refractivity contribution in [1.29, 1.82) is 0 Å². The highest BCUT2D eigenvalue weighted by Gasteiger charge is 2.21. The molecule has 0 saturated carbocycles. The van der Waals surface area contributed by atoms with E-state index in [1.54, 1.807) is 11.3 Å². The maximum absolute atomic E-state index is 6.03. The molecule has 1 aromatic rings. The van der Waals surface area contributed by atoms with Crippen LogP contribution in [-0.2, 0) is 22.9 Å². The van der Waals surface area contributed by atoms with Gasteiger partial charge in [0.15, 0.2) is 0 Å². The van der Waals surface area contributed by atoms with E-state index in [9.17, 15) is 0 Å². The van der Waals surface area contributed by atoms with Gasteiger partial charge in [-0.15, -0.1) is 5.10 Å². The summed E-state index contributed by atoms with van der Waals surface area (Å²) in [6, 6.07) is 0. The molecule has 8 heteroatoms. The molecule has 0 N–H and O–H groups in total. The predicted octanol–water partition coefficient (Wildman–Crippen LogP) is 3.95. The Bertz CT molecular complexity index is 439. The average Bonchev–Trinajstić information content (AvgIpc) is 2.47. The molecule has 0 aliphatic rings. The smallest absolute Gasteiger partial charge is 0.258 e. The van der Waals surface area contributed by atoms with E-state index < -0.39 is 6.49 Å². The second kappa shape index (κ2) is 6.39. The fourth-order valence-electron chi connectivity index (χ4n) is 1.24. The Labute approximate surface area is 116 Å². The fourth-order valence-corrected chi connectivity index (χ4v) is 3.16. The van der Waals surface area contributed by atoms with E-state index in [0.717, 1.165) is 6.42 Å². The van der Waals surface area contributed by atoms with Gasteiger partial charge >= 0.3 is 0 Å². The molecular weight excluding hydrogens is 302 g/mol. The third-order valence-corrected chi connectivity index (χ3v) is 4.45. The first-order chi connectivity index (χ1) is 7.91. The van der Waals surface area contributed by atoms with Crippen LogP contribution in [0.2, 0.25) is 10.2 Å². The molecule has 0 spiro atoms. The molecule has 0 amide bonds. The van der Waals surface area contributed by atoms with Crippen molar-refractivity contribution in [2.24, 2.45) is 0 Å². The fraction of sp³-hybridized carbons (Fsp3) is 0.667. The molecule has 1 unspecified atom stereocenters. The van der Waals surface area contributed by atoms with Gasteiger partial charge in [-0.3, -0.25) is 0 Å². The Hall–Kier alpha value is 0.200. The van der Waals surface area contributed by atoms with Gasteiger partial charge in [-0.25, -0.2) is 4.68 Å². The second-order valence-corrected chi connectivity index (χ2v) is 8.12. The number of rotatable bonds is 6. The standard InChI is InChI=1S/C9H15Cl2N2O2PS/c1-4-6-13-8(11)7(10)9(12-13)15-16(3,17)14-5-2/h4-6H2,1-3H3. The molecule has 0 aliphatic carbocycles. The van der Waals surface area contributed by atoms with Crippen molar-refractivity contribution in [3.63, 3.8) is 0 Å². The number of nitrogens with zero attached hydrogens (tertiary/aromatic N) is 2. The van der Waals surface area contributed by atoms with Crippen molar-refractivity contribution in [3.8, 4) is 5.88 Å². The van der Waals surface area contributed by atoms with Crippen LogP contribution in [-0.4, -0.2) is 23.1 Å². The molecular formula is C9H15Cl2N2O2PS. The van der Waals surface area contributed by atoms with Crippen molar-refractivity contribution in [2.45, 2.75) is 26.8 Å². The molecule has 1 heterocycles. The largest absolute Gasteiger partial charge is 0.423 e. The Kier molecular flexibility index (Phi) is 5.74. The van der Waals surface area contributed by atoms with Gasteiger partial charge in [0.25, 0.3) is 5.88 Å². The van der Waals surface area contributed by atoms with Gasteiger partial charge in [-0.05, 0) is 25.2 Å². The second-order valence-electron chi connectivity index (χ2n) is 3.41. The molecule has 1 aromatic heterocycles. The van der Waals surface area contributed by atoms with E-state index in [1.165, 1.54) is 0 Å². The van der Waals surface area contributed by atoms with Crippen molar-refractivity contribution in [1.82, 2.24) is 9.78 Å². The van der Waals surface area contributed by atoms with E-state index in [2.05, 4.69) is 5.10 Å². The third kappa shape index (κ3) is 4.11. The molecule has 0 aliphatic heterocycles. The highest BCUT2D eigenvalue weighted by Crippen LogP contribution is 2.47. The van der Waals surface area contributed by atoms with Crippen LogP contribution >= 0.6 is 29.7 Å². The minimum absolute atomic E-state index is 0.254. The van der Waals surface area contributed by atoms with Gasteiger partial charge in [0, 0.05) is 13.2 Å². The third-order valence-electron chi connectivity index (χ3n) is 1.86. The first-order valence-electron chi connectivity index (χ1n) is 5.24. The highest BCUT2D eigenvalue weighted by atomic mass is 35.5. The van der Waals surface area contributed by atoms with Crippen LogP contribution in [0.4, 0.5) is 0 Å². The number of halogens is 2. The van der Waals surface area contributed by atoms with Crippen molar-refractivity contribution in [3.05, 3.63) is 10.2 Å². The predicted molar refractivity (Wildman–Crippen MR) is 75.0 cm³/mol. The Balaban J connectivity index is 2.92. The summed E-state index contributed by atoms with van der Waals surface area (Å²) in [7, 11) is 0. The van der Waals surface area contributed by atoms with Crippen LogP contribution in [0, 0.1) is 0 Å². The molecule has 17 heavy (non-hydrogen) atoms. The summed E-state index contributed by atoms with van der Waals surface area (Å²) in [6.45, 7) is 4.44. The van der Waals surface area contributed by atoms with E-state index >= 15 is 0 Å². The first kappa shape index (κ1) is 15.3. The highest BCUT2D eigenvalue weighted by molar-refractivity contribution is 8.09. The molecule has 1 rings (SSSR count). The summed E-state index contributed by atoms with van der Waals surface area (Å²) in [4.78, 5) is 0. The van der Waals surface area contributed by atoms with E-state index in [1.807, 2.05) is 13.8 Å². The Morgan fingerprint density at radius 2 is 2.06 bits per heavy atom. The van der Waals surface area contributed by atoms with Crippen molar-refractivity contribution >= 4 is 41.5 Å². The van der Waals surface area contributed by atoms with Gasteiger partial charge in [-0.2, -0.15) is 0 Å². The zero-order valence-electron chi connectivity index (χ0n) is 9.94. The SMILES string of the molecule is CCCn1nc(OP(C)(=S)OCC)c(Cl)c1Cl. The number of aromatic nitrogens is 2. The van der Waals surface area contributed by atoms with Crippen LogP contribution in [0.1, 0.15) is 20.3 Å². The van der Waals surface area contributed by atoms with Crippen LogP contribution in [0.5, 0.6) is 5.88 Å². The van der Waals surface area contributed by atoms with Gasteiger partial charge < -0.3 is 9.05 Å². The number of aryl methyl sites for hydroxylation is 1. The summed E-state index contributed by atoms with van der Waals surface area (Å²) >= 11 is 17.3. The van der Waals surface area contributed by atoms with Crippen LogP contribution in [0.3, 0.4) is 0 Å². The number of hydrogen-bond acceptors (Lipinski definition) is 4. The zero-order chi connectivity index (χ0) is 13.1. The summed E-state index contributed by atoms with van der Waals surface area (Å²) < 4.78 is 12.5. The van der Waals surface area contributed by atoms with Crippen molar-refractivity contribution < 1.29 is 9.05 Å². The quantitative estimate of drug-likeness (QED) is 0.744. The summed E-state index contributed by atoms with van der Waals surface area (Å²) in [5.41, 5.74) is 0. The molecule has 4 nitrogen and oxygen atoms in total.